The van der Waals surface area contributed by atoms with Crippen molar-refractivity contribution in [2.24, 2.45) is 0 Å². The van der Waals surface area contributed by atoms with Gasteiger partial charge in [0.2, 0.25) is 0 Å². The van der Waals surface area contributed by atoms with E-state index in [1.807, 2.05) is 95.8 Å². The maximum absolute atomic E-state index is 13.0. The quantitative estimate of drug-likeness (QED) is 0.134. The van der Waals surface area contributed by atoms with Crippen LogP contribution in [0.25, 0.3) is 23.0 Å². The summed E-state index contributed by atoms with van der Waals surface area (Å²) in [5.41, 5.74) is 4.34. The summed E-state index contributed by atoms with van der Waals surface area (Å²) in [5.74, 6) is 0.582. The number of amides is 1. The number of hydrogen-bond donors (Lipinski definition) is 0. The Balaban J connectivity index is 1.50. The van der Waals surface area contributed by atoms with Gasteiger partial charge in [0, 0.05) is 28.9 Å². The molecule has 1 amide bonds. The molecule has 3 aromatic carbocycles. The number of thiocarbonyl (C=S) groups is 1. The number of hydrogen-bond acceptors (Lipinski definition) is 5. The molecule has 2 heterocycles. The zero-order valence-electron chi connectivity index (χ0n) is 19.7. The monoisotopic (exact) mass is 543 g/mol. The van der Waals surface area contributed by atoms with E-state index >= 15 is 0 Å². The van der Waals surface area contributed by atoms with E-state index in [4.69, 9.17) is 33.7 Å². The van der Waals surface area contributed by atoms with Crippen LogP contribution in [0.1, 0.15) is 11.1 Å². The molecule has 184 valence electrons. The Kier molecular flexibility index (Phi) is 7.55. The Morgan fingerprint density at radius 3 is 2.59 bits per heavy atom. The lowest BCUT2D eigenvalue weighted by atomic mass is 10.1. The molecular weight excluding hydrogens is 522 g/mol. The lowest BCUT2D eigenvalue weighted by Gasteiger charge is -2.10. The predicted molar refractivity (Wildman–Crippen MR) is 155 cm³/mol. The van der Waals surface area contributed by atoms with Crippen molar-refractivity contribution >= 4 is 51.9 Å². The van der Waals surface area contributed by atoms with Crippen LogP contribution in [0.15, 0.2) is 103 Å². The highest BCUT2D eigenvalue weighted by Crippen LogP contribution is 2.35. The van der Waals surface area contributed by atoms with Crippen molar-refractivity contribution in [2.75, 3.05) is 6.54 Å². The van der Waals surface area contributed by atoms with Gasteiger partial charge in [0.25, 0.3) is 5.91 Å². The molecule has 4 aromatic rings. The van der Waals surface area contributed by atoms with E-state index in [-0.39, 0.29) is 5.91 Å². The molecule has 0 bridgehead atoms. The maximum atomic E-state index is 13.0. The molecule has 8 heteroatoms. The van der Waals surface area contributed by atoms with Gasteiger partial charge in [-0.25, -0.2) is 4.68 Å². The minimum Gasteiger partial charge on any atom is -0.489 e. The molecule has 1 saturated heterocycles. The second-order valence-corrected chi connectivity index (χ2v) is 10.3. The van der Waals surface area contributed by atoms with Crippen molar-refractivity contribution < 1.29 is 9.53 Å². The number of nitrogens with zero attached hydrogens (tertiary/aromatic N) is 3. The first-order valence-electron chi connectivity index (χ1n) is 11.5. The third-order valence-electron chi connectivity index (χ3n) is 5.66. The topological polar surface area (TPSA) is 47.4 Å². The van der Waals surface area contributed by atoms with E-state index in [1.165, 1.54) is 11.8 Å². The Bertz CT molecular complexity index is 1500. The SMILES string of the molecule is C=CCN1C(=O)C(=Cc2cn(-c3ccccc3)nc2-c2cccc(OCc3ccc(Cl)cc3)c2)SC1=S. The van der Waals surface area contributed by atoms with Gasteiger partial charge in [0.05, 0.1) is 10.6 Å². The highest BCUT2D eigenvalue weighted by atomic mass is 35.5. The summed E-state index contributed by atoms with van der Waals surface area (Å²) in [6, 6.07) is 25.2. The Morgan fingerprint density at radius 2 is 1.84 bits per heavy atom. The molecule has 37 heavy (non-hydrogen) atoms. The number of carbonyl (C=O) groups excluding carboxylic acids is 1. The minimum absolute atomic E-state index is 0.131. The summed E-state index contributed by atoms with van der Waals surface area (Å²) >= 11 is 12.7. The summed E-state index contributed by atoms with van der Waals surface area (Å²) in [5, 5.41) is 5.57. The lowest BCUT2D eigenvalue weighted by molar-refractivity contribution is -0.121. The smallest absolute Gasteiger partial charge is 0.266 e. The van der Waals surface area contributed by atoms with Gasteiger partial charge in [0.1, 0.15) is 22.4 Å². The minimum atomic E-state index is -0.131. The molecule has 0 aliphatic carbocycles. The number of para-hydroxylation sites is 1. The molecule has 0 atom stereocenters. The number of halogens is 1. The van der Waals surface area contributed by atoms with Crippen LogP contribution < -0.4 is 4.74 Å². The van der Waals surface area contributed by atoms with E-state index in [9.17, 15) is 4.79 Å². The second kappa shape index (κ2) is 11.2. The first-order chi connectivity index (χ1) is 18.0. The van der Waals surface area contributed by atoms with Gasteiger partial charge >= 0.3 is 0 Å². The van der Waals surface area contributed by atoms with Gasteiger partial charge in [0.15, 0.2) is 0 Å². The molecule has 1 aliphatic heterocycles. The zero-order valence-corrected chi connectivity index (χ0v) is 22.1. The highest BCUT2D eigenvalue weighted by molar-refractivity contribution is 8.26. The largest absolute Gasteiger partial charge is 0.489 e. The fourth-order valence-electron chi connectivity index (χ4n) is 3.84. The Labute approximate surface area is 230 Å². The summed E-state index contributed by atoms with van der Waals surface area (Å²) in [6.45, 7) is 4.52. The summed E-state index contributed by atoms with van der Waals surface area (Å²) in [6.07, 6.45) is 5.44. The van der Waals surface area contributed by atoms with Crippen LogP contribution in [0.5, 0.6) is 5.75 Å². The van der Waals surface area contributed by atoms with E-state index < -0.39 is 0 Å². The van der Waals surface area contributed by atoms with Gasteiger partial charge in [-0.05, 0) is 48.0 Å². The van der Waals surface area contributed by atoms with Gasteiger partial charge < -0.3 is 4.74 Å². The van der Waals surface area contributed by atoms with Crippen molar-refractivity contribution in [1.29, 1.82) is 0 Å². The molecule has 1 aliphatic rings. The number of ether oxygens (including phenoxy) is 1. The van der Waals surface area contributed by atoms with Crippen LogP contribution >= 0.6 is 35.6 Å². The molecule has 0 unspecified atom stereocenters. The van der Waals surface area contributed by atoms with Crippen molar-refractivity contribution in [2.45, 2.75) is 6.61 Å². The Morgan fingerprint density at radius 1 is 1.05 bits per heavy atom. The van der Waals surface area contributed by atoms with Crippen LogP contribution in [-0.4, -0.2) is 31.5 Å². The summed E-state index contributed by atoms with van der Waals surface area (Å²) in [4.78, 5) is 15.1. The van der Waals surface area contributed by atoms with E-state index in [2.05, 4.69) is 6.58 Å². The summed E-state index contributed by atoms with van der Waals surface area (Å²) < 4.78 is 8.38. The van der Waals surface area contributed by atoms with Crippen molar-refractivity contribution in [3.8, 4) is 22.7 Å². The number of benzene rings is 3. The second-order valence-electron chi connectivity index (χ2n) is 8.24. The van der Waals surface area contributed by atoms with Crippen molar-refractivity contribution in [3.63, 3.8) is 0 Å². The number of carbonyl (C=O) groups is 1. The molecule has 1 aromatic heterocycles. The predicted octanol–water partition coefficient (Wildman–Crippen LogP) is 7.16. The third-order valence-corrected chi connectivity index (χ3v) is 7.29. The number of aromatic nitrogens is 2. The van der Waals surface area contributed by atoms with Crippen LogP contribution in [0.4, 0.5) is 0 Å². The van der Waals surface area contributed by atoms with Crippen molar-refractivity contribution in [1.82, 2.24) is 14.7 Å². The average Bonchev–Trinajstić information content (AvgIpc) is 3.46. The molecule has 0 radical (unpaired) electrons. The normalized spacial score (nSPS) is 14.4. The fraction of sp³-hybridized carbons (Fsp3) is 0.0690. The molecule has 0 saturated carbocycles. The Hall–Kier alpha value is -3.65. The first-order valence-corrected chi connectivity index (χ1v) is 13.1. The van der Waals surface area contributed by atoms with Gasteiger partial charge in [-0.3, -0.25) is 9.69 Å². The summed E-state index contributed by atoms with van der Waals surface area (Å²) in [7, 11) is 0. The van der Waals surface area contributed by atoms with Gasteiger partial charge in [-0.15, -0.1) is 6.58 Å². The number of rotatable bonds is 8. The van der Waals surface area contributed by atoms with Crippen molar-refractivity contribution in [3.05, 3.63) is 119 Å². The highest BCUT2D eigenvalue weighted by Gasteiger charge is 2.31. The number of thioether (sulfide) groups is 1. The molecule has 0 N–H and O–H groups in total. The van der Waals surface area contributed by atoms with Gasteiger partial charge in [-0.2, -0.15) is 5.10 Å². The third kappa shape index (κ3) is 5.69. The van der Waals surface area contributed by atoms with Crippen LogP contribution in [-0.2, 0) is 11.4 Å². The van der Waals surface area contributed by atoms with Crippen LogP contribution in [0.2, 0.25) is 5.02 Å². The fourth-order valence-corrected chi connectivity index (χ4v) is 5.23. The zero-order chi connectivity index (χ0) is 25.8. The maximum Gasteiger partial charge on any atom is 0.266 e. The average molecular weight is 544 g/mol. The molecule has 5 nitrogen and oxygen atoms in total. The van der Waals surface area contributed by atoms with E-state index in [0.717, 1.165) is 28.1 Å². The molecule has 5 rings (SSSR count). The van der Waals surface area contributed by atoms with Crippen LogP contribution in [0.3, 0.4) is 0 Å². The van der Waals surface area contributed by atoms with E-state index in [0.29, 0.717) is 33.1 Å². The molecule has 0 spiro atoms. The standard InChI is InChI=1S/C29H22ClN3O2S2/c1-2-15-32-28(34)26(37-29(32)36)17-22-18-33(24-8-4-3-5-9-24)31-27(22)21-7-6-10-25(16-21)35-19-20-11-13-23(30)14-12-20/h2-14,16-18H,1,15,19H2. The first kappa shape index (κ1) is 25.0. The van der Waals surface area contributed by atoms with Gasteiger partial charge in [-0.1, -0.05) is 84.1 Å². The molecule has 1 fully saturated rings. The molecular formula is C29H22ClN3O2S2. The lowest BCUT2D eigenvalue weighted by Crippen LogP contribution is -2.27. The van der Waals surface area contributed by atoms with E-state index in [1.54, 1.807) is 11.0 Å². The van der Waals surface area contributed by atoms with Crippen LogP contribution in [0, 0.1) is 0 Å².